The quantitative estimate of drug-likeness (QED) is 0.253. The Morgan fingerprint density at radius 1 is 1.00 bits per heavy atom. The van der Waals surface area contributed by atoms with Gasteiger partial charge in [-0.3, -0.25) is 9.59 Å². The summed E-state index contributed by atoms with van der Waals surface area (Å²) in [7, 11) is -3.62. The van der Waals surface area contributed by atoms with E-state index in [0.717, 1.165) is 29.9 Å². The maximum absolute atomic E-state index is 13.4. The van der Waals surface area contributed by atoms with Crippen LogP contribution in [0.3, 0.4) is 0 Å². The Kier molecular flexibility index (Phi) is 11.9. The Labute approximate surface area is 254 Å². The fraction of sp³-hybridized carbons (Fsp3) is 0.483. The predicted molar refractivity (Wildman–Crippen MR) is 160 cm³/mol. The average Bonchev–Trinajstić information content (AvgIpc) is 2.95. The fourth-order valence-electron chi connectivity index (χ4n) is 4.75. The molecule has 0 heterocycles. The molecule has 0 aromatic heterocycles. The first-order chi connectivity index (χ1) is 20.2. The minimum Gasteiger partial charge on any atom is -0.352 e. The molecule has 4 amide bonds. The largest absolute Gasteiger partial charge is 0.416 e. The molecule has 2 aromatic rings. The van der Waals surface area contributed by atoms with Crippen molar-refractivity contribution in [2.24, 2.45) is 11.8 Å². The van der Waals surface area contributed by atoms with E-state index in [1.807, 2.05) is 20.1 Å². The second-order valence-corrected chi connectivity index (χ2v) is 13.8. The third-order valence-corrected chi connectivity index (χ3v) is 9.63. The average molecular weight is 643 g/mol. The van der Waals surface area contributed by atoms with Gasteiger partial charge in [-0.05, 0) is 73.4 Å². The van der Waals surface area contributed by atoms with Crippen molar-refractivity contribution in [2.75, 3.05) is 30.4 Å². The predicted octanol–water partition coefficient (Wildman–Crippen LogP) is 5.08. The summed E-state index contributed by atoms with van der Waals surface area (Å²) < 4.78 is 66.3. The molecule has 0 bridgehead atoms. The summed E-state index contributed by atoms with van der Waals surface area (Å²) in [4.78, 5) is 39.1. The highest BCUT2D eigenvalue weighted by Crippen LogP contribution is 2.32. The van der Waals surface area contributed by atoms with Gasteiger partial charge in [0.15, 0.2) is 9.84 Å². The number of hydrogen-bond acceptors (Lipinski definition) is 6. The number of thioether (sulfide) groups is 1. The molecule has 2 atom stereocenters. The van der Waals surface area contributed by atoms with Crippen LogP contribution in [0, 0.1) is 11.8 Å². The minimum atomic E-state index is -4.74. The number of urea groups is 1. The van der Waals surface area contributed by atoms with Gasteiger partial charge in [0.2, 0.25) is 5.91 Å². The van der Waals surface area contributed by atoms with Crippen molar-refractivity contribution in [1.82, 2.24) is 16.0 Å². The SMILES string of the molecule is CSc1ccc(S(=O)(=O)C[C@@H]2CCCC[C@@H]2NC(=O)CNC(=O)c2cc(C(F)(F)F)ccc2NC(=O)NCC(C)C)cc1. The number of carbonyl (C=O) groups excluding carboxylic acids is 3. The van der Waals surface area contributed by atoms with Gasteiger partial charge in [0.25, 0.3) is 5.91 Å². The smallest absolute Gasteiger partial charge is 0.352 e. The number of benzene rings is 2. The van der Waals surface area contributed by atoms with Crippen LogP contribution in [0.1, 0.15) is 55.5 Å². The molecule has 0 radical (unpaired) electrons. The summed E-state index contributed by atoms with van der Waals surface area (Å²) in [5.74, 6) is -1.97. The zero-order valence-electron chi connectivity index (χ0n) is 24.2. The van der Waals surface area contributed by atoms with Crippen molar-refractivity contribution in [3.63, 3.8) is 0 Å². The summed E-state index contributed by atoms with van der Waals surface area (Å²) in [6.07, 6.45) is -0.0997. The molecule has 43 heavy (non-hydrogen) atoms. The van der Waals surface area contributed by atoms with Crippen molar-refractivity contribution in [3.8, 4) is 0 Å². The number of alkyl halides is 3. The van der Waals surface area contributed by atoms with Crippen LogP contribution in [-0.2, 0) is 20.8 Å². The molecular weight excluding hydrogens is 605 g/mol. The topological polar surface area (TPSA) is 133 Å². The van der Waals surface area contributed by atoms with E-state index in [1.165, 1.54) is 11.8 Å². The van der Waals surface area contributed by atoms with Gasteiger partial charge in [-0.2, -0.15) is 13.2 Å². The van der Waals surface area contributed by atoms with Crippen LogP contribution in [0.15, 0.2) is 52.3 Å². The van der Waals surface area contributed by atoms with Gasteiger partial charge in [-0.15, -0.1) is 11.8 Å². The van der Waals surface area contributed by atoms with Crippen molar-refractivity contribution < 1.29 is 36.0 Å². The highest BCUT2D eigenvalue weighted by Gasteiger charge is 2.33. The number of halogens is 3. The molecule has 1 aliphatic carbocycles. The van der Waals surface area contributed by atoms with E-state index in [4.69, 9.17) is 0 Å². The van der Waals surface area contributed by atoms with Crippen LogP contribution in [-0.4, -0.2) is 57.4 Å². The van der Waals surface area contributed by atoms with Crippen LogP contribution in [0.4, 0.5) is 23.7 Å². The lowest BCUT2D eigenvalue weighted by atomic mass is 9.86. The Balaban J connectivity index is 1.67. The van der Waals surface area contributed by atoms with E-state index < -0.39 is 57.6 Å². The van der Waals surface area contributed by atoms with Gasteiger partial charge < -0.3 is 21.3 Å². The number of amides is 4. The zero-order valence-corrected chi connectivity index (χ0v) is 25.8. The van der Waals surface area contributed by atoms with Crippen molar-refractivity contribution >= 4 is 45.1 Å². The molecule has 2 aromatic carbocycles. The summed E-state index contributed by atoms with van der Waals surface area (Å²) in [6, 6.07) is 7.81. The lowest BCUT2D eigenvalue weighted by molar-refractivity contribution is -0.137. The first-order valence-corrected chi connectivity index (χ1v) is 16.8. The van der Waals surface area contributed by atoms with E-state index in [0.29, 0.717) is 25.5 Å². The molecule has 1 saturated carbocycles. The van der Waals surface area contributed by atoms with Gasteiger partial charge in [-0.1, -0.05) is 26.7 Å². The maximum atomic E-state index is 13.4. The van der Waals surface area contributed by atoms with Gasteiger partial charge >= 0.3 is 12.2 Å². The molecular formula is C29H37F3N4O5S2. The van der Waals surface area contributed by atoms with Crippen LogP contribution in [0.5, 0.6) is 0 Å². The van der Waals surface area contributed by atoms with Gasteiger partial charge in [-0.25, -0.2) is 13.2 Å². The summed E-state index contributed by atoms with van der Waals surface area (Å²) in [5.41, 5.74) is -1.71. The number of sulfone groups is 1. The maximum Gasteiger partial charge on any atom is 0.416 e. The van der Waals surface area contributed by atoms with Crippen LogP contribution in [0.2, 0.25) is 0 Å². The molecule has 236 valence electrons. The number of nitrogens with one attached hydrogen (secondary N) is 4. The molecule has 0 spiro atoms. The Morgan fingerprint density at radius 2 is 1.67 bits per heavy atom. The van der Waals surface area contributed by atoms with E-state index in [2.05, 4.69) is 21.3 Å². The number of carbonyl (C=O) groups is 3. The zero-order chi connectivity index (χ0) is 31.8. The number of hydrogen-bond donors (Lipinski definition) is 4. The van der Waals surface area contributed by atoms with E-state index >= 15 is 0 Å². The molecule has 1 aliphatic rings. The van der Waals surface area contributed by atoms with E-state index in [1.54, 1.807) is 24.3 Å². The third kappa shape index (κ3) is 10.2. The Hall–Kier alpha value is -3.26. The van der Waals surface area contributed by atoms with Crippen molar-refractivity contribution in [2.45, 2.75) is 61.5 Å². The molecule has 14 heteroatoms. The Morgan fingerprint density at radius 3 is 2.30 bits per heavy atom. The van der Waals surface area contributed by atoms with Gasteiger partial charge in [0, 0.05) is 17.5 Å². The molecule has 3 rings (SSSR count). The van der Waals surface area contributed by atoms with Gasteiger partial charge in [0.05, 0.1) is 34.0 Å². The minimum absolute atomic E-state index is 0.120. The third-order valence-electron chi connectivity index (χ3n) is 7.03. The molecule has 0 unspecified atom stereocenters. The fourth-order valence-corrected chi connectivity index (χ4v) is 6.87. The molecule has 9 nitrogen and oxygen atoms in total. The van der Waals surface area contributed by atoms with E-state index in [9.17, 15) is 36.0 Å². The second kappa shape index (κ2) is 15.0. The highest BCUT2D eigenvalue weighted by atomic mass is 32.2. The molecule has 1 fully saturated rings. The normalized spacial score (nSPS) is 17.3. The number of rotatable bonds is 11. The van der Waals surface area contributed by atoms with Crippen molar-refractivity contribution in [3.05, 3.63) is 53.6 Å². The van der Waals surface area contributed by atoms with Crippen LogP contribution < -0.4 is 21.3 Å². The first kappa shape index (κ1) is 34.2. The Bertz CT molecular complexity index is 1400. The monoisotopic (exact) mass is 642 g/mol. The standard InChI is InChI=1S/C29H37F3N4O5S2/c1-18(2)15-34-28(39)36-25-13-8-20(29(30,31)32)14-23(25)27(38)33-16-26(37)35-24-7-5-4-6-19(24)17-43(40,41)22-11-9-21(42-3)10-12-22/h8-14,18-19,24H,4-7,15-17H2,1-3H3,(H,33,38)(H,35,37)(H2,34,36,39)/t19-,24-/m0/s1. The highest BCUT2D eigenvalue weighted by molar-refractivity contribution is 7.98. The second-order valence-electron chi connectivity index (χ2n) is 10.8. The van der Waals surface area contributed by atoms with Crippen LogP contribution >= 0.6 is 11.8 Å². The lowest BCUT2D eigenvalue weighted by Gasteiger charge is -2.32. The summed E-state index contributed by atoms with van der Waals surface area (Å²) in [5, 5.41) is 10.1. The summed E-state index contributed by atoms with van der Waals surface area (Å²) in [6.45, 7) is 3.48. The van der Waals surface area contributed by atoms with Crippen LogP contribution in [0.25, 0.3) is 0 Å². The first-order valence-electron chi connectivity index (χ1n) is 13.9. The van der Waals surface area contributed by atoms with E-state index in [-0.39, 0.29) is 28.2 Å². The van der Waals surface area contributed by atoms with Crippen molar-refractivity contribution in [1.29, 1.82) is 0 Å². The molecule has 0 saturated heterocycles. The number of anilines is 1. The summed E-state index contributed by atoms with van der Waals surface area (Å²) >= 11 is 1.50. The lowest BCUT2D eigenvalue weighted by Crippen LogP contribution is -2.47. The van der Waals surface area contributed by atoms with Gasteiger partial charge in [0.1, 0.15) is 0 Å². The molecule has 0 aliphatic heterocycles. The molecule has 4 N–H and O–H groups in total.